The van der Waals surface area contributed by atoms with Gasteiger partial charge in [0, 0.05) is 37.3 Å². The number of aromatic nitrogens is 1. The second kappa shape index (κ2) is 13.6. The van der Waals surface area contributed by atoms with Crippen molar-refractivity contribution in [2.45, 2.75) is 0 Å². The largest absolute Gasteiger partial charge is 0.483 e. The van der Waals surface area contributed by atoms with E-state index in [4.69, 9.17) is 30.3 Å². The fraction of sp³-hybridized carbons (Fsp3) is 0.500. The molecule has 2 heterocycles. The molecular formula is C16H26N4O6. The zero-order chi connectivity index (χ0) is 19.9. The normalized spacial score (nSPS) is 16.3. The van der Waals surface area contributed by atoms with E-state index in [1.807, 2.05) is 0 Å². The first-order valence-corrected chi connectivity index (χ1v) is 7.78. The standard InChI is InChI=1S/C14H22N4O2.2CH2O2/c1-17(2)8-11-9-18(5-6-20-10-11)13-7-12(14(15)19)3-4-16-13;2*2-1-3/h3-4,7,11H,5-6,8-10H2,1-2H3,(H2,15,19);2*1H,(H,2,3). The van der Waals surface area contributed by atoms with Crippen LogP contribution in [0.2, 0.25) is 0 Å². The Kier molecular flexibility index (Phi) is 12.1. The van der Waals surface area contributed by atoms with Gasteiger partial charge in [-0.1, -0.05) is 0 Å². The summed E-state index contributed by atoms with van der Waals surface area (Å²) in [7, 11) is 4.11. The molecule has 0 saturated carbocycles. The van der Waals surface area contributed by atoms with Crippen molar-refractivity contribution < 1.29 is 29.3 Å². The fourth-order valence-electron chi connectivity index (χ4n) is 2.46. The molecular weight excluding hydrogens is 344 g/mol. The molecule has 1 aliphatic rings. The second-order valence-electron chi connectivity index (χ2n) is 5.63. The predicted molar refractivity (Wildman–Crippen MR) is 95.2 cm³/mol. The summed E-state index contributed by atoms with van der Waals surface area (Å²) in [6, 6.07) is 3.39. The Labute approximate surface area is 152 Å². The van der Waals surface area contributed by atoms with Crippen molar-refractivity contribution in [3.05, 3.63) is 23.9 Å². The number of amides is 1. The molecule has 1 aliphatic heterocycles. The Bertz CT molecular complexity index is 549. The zero-order valence-corrected chi connectivity index (χ0v) is 14.9. The molecule has 1 amide bonds. The lowest BCUT2D eigenvalue weighted by molar-refractivity contribution is -0.123. The van der Waals surface area contributed by atoms with Gasteiger partial charge in [0.15, 0.2) is 0 Å². The number of pyridine rings is 1. The maximum atomic E-state index is 11.3. The van der Waals surface area contributed by atoms with Crippen LogP contribution in [0.4, 0.5) is 5.82 Å². The van der Waals surface area contributed by atoms with Gasteiger partial charge >= 0.3 is 0 Å². The highest BCUT2D eigenvalue weighted by Gasteiger charge is 2.20. The molecule has 0 bridgehead atoms. The highest BCUT2D eigenvalue weighted by Crippen LogP contribution is 2.17. The van der Waals surface area contributed by atoms with Crippen LogP contribution in [0.25, 0.3) is 0 Å². The average molecular weight is 370 g/mol. The Morgan fingerprint density at radius 2 is 2.04 bits per heavy atom. The summed E-state index contributed by atoms with van der Waals surface area (Å²) in [5.74, 6) is 0.784. The van der Waals surface area contributed by atoms with Crippen LogP contribution >= 0.6 is 0 Å². The van der Waals surface area contributed by atoms with Crippen molar-refractivity contribution in [1.82, 2.24) is 9.88 Å². The summed E-state index contributed by atoms with van der Waals surface area (Å²) >= 11 is 0. The van der Waals surface area contributed by atoms with Gasteiger partial charge in [-0.3, -0.25) is 14.4 Å². The predicted octanol–water partition coefficient (Wildman–Crippen LogP) is -0.403. The van der Waals surface area contributed by atoms with Crippen molar-refractivity contribution >= 4 is 24.7 Å². The molecule has 1 atom stereocenters. The lowest BCUT2D eigenvalue weighted by Crippen LogP contribution is -2.35. The van der Waals surface area contributed by atoms with E-state index in [0.29, 0.717) is 18.1 Å². The van der Waals surface area contributed by atoms with E-state index < -0.39 is 5.91 Å². The second-order valence-corrected chi connectivity index (χ2v) is 5.63. The number of carbonyl (C=O) groups excluding carboxylic acids is 1. The average Bonchev–Trinajstić information content (AvgIpc) is 2.81. The number of hydrogen-bond donors (Lipinski definition) is 3. The minimum absolute atomic E-state index is 0.250. The number of hydrogen-bond acceptors (Lipinski definition) is 7. The van der Waals surface area contributed by atoms with Gasteiger partial charge in [0.1, 0.15) is 5.82 Å². The highest BCUT2D eigenvalue weighted by molar-refractivity contribution is 5.93. The maximum Gasteiger partial charge on any atom is 0.290 e. The molecule has 10 nitrogen and oxygen atoms in total. The molecule has 0 aliphatic carbocycles. The Morgan fingerprint density at radius 3 is 2.58 bits per heavy atom. The Hall–Kier alpha value is -2.72. The number of rotatable bonds is 4. The number of nitrogens with two attached hydrogens (primary N) is 1. The number of ether oxygens (including phenoxy) is 1. The van der Waals surface area contributed by atoms with Gasteiger partial charge in [-0.15, -0.1) is 0 Å². The van der Waals surface area contributed by atoms with Crippen LogP contribution in [0, 0.1) is 5.92 Å². The van der Waals surface area contributed by atoms with Crippen LogP contribution in [0.15, 0.2) is 18.3 Å². The Morgan fingerprint density at radius 1 is 1.42 bits per heavy atom. The van der Waals surface area contributed by atoms with Gasteiger partial charge in [0.2, 0.25) is 5.91 Å². The van der Waals surface area contributed by atoms with Gasteiger partial charge < -0.3 is 30.5 Å². The molecule has 2 rings (SSSR count). The quantitative estimate of drug-likeness (QED) is 0.602. The smallest absolute Gasteiger partial charge is 0.290 e. The number of anilines is 1. The van der Waals surface area contributed by atoms with Crippen molar-refractivity contribution in [3.63, 3.8) is 0 Å². The summed E-state index contributed by atoms with van der Waals surface area (Å²) in [5.41, 5.74) is 5.81. The molecule has 0 spiro atoms. The molecule has 0 radical (unpaired) electrons. The lowest BCUT2D eigenvalue weighted by Gasteiger charge is -2.26. The molecule has 26 heavy (non-hydrogen) atoms. The summed E-state index contributed by atoms with van der Waals surface area (Å²) in [6.45, 7) is 3.54. The van der Waals surface area contributed by atoms with E-state index in [9.17, 15) is 4.79 Å². The van der Waals surface area contributed by atoms with Crippen molar-refractivity contribution in [3.8, 4) is 0 Å². The number of carbonyl (C=O) groups is 3. The SMILES string of the molecule is CN(C)CC1COCCN(c2cc(C(N)=O)ccn2)C1.O=CO.O=CO. The molecule has 4 N–H and O–H groups in total. The molecule has 1 aromatic heterocycles. The monoisotopic (exact) mass is 370 g/mol. The Balaban J connectivity index is 0.000000918. The van der Waals surface area contributed by atoms with E-state index >= 15 is 0 Å². The first-order chi connectivity index (χ1) is 12.4. The molecule has 1 aromatic rings. The van der Waals surface area contributed by atoms with E-state index in [1.54, 1.807) is 18.3 Å². The van der Waals surface area contributed by atoms with Gasteiger partial charge in [0.05, 0.1) is 13.2 Å². The van der Waals surface area contributed by atoms with Crippen LogP contribution in [0.1, 0.15) is 10.4 Å². The maximum absolute atomic E-state index is 11.3. The van der Waals surface area contributed by atoms with Crippen LogP contribution in [-0.4, -0.2) is 85.9 Å². The minimum Gasteiger partial charge on any atom is -0.483 e. The van der Waals surface area contributed by atoms with Crippen LogP contribution in [0.5, 0.6) is 0 Å². The molecule has 0 aromatic carbocycles. The van der Waals surface area contributed by atoms with Gasteiger partial charge in [-0.05, 0) is 26.2 Å². The number of nitrogens with zero attached hydrogens (tertiary/aromatic N) is 3. The van der Waals surface area contributed by atoms with Gasteiger partial charge in [-0.25, -0.2) is 4.98 Å². The molecule has 1 saturated heterocycles. The van der Waals surface area contributed by atoms with Gasteiger partial charge in [-0.2, -0.15) is 0 Å². The third-order valence-corrected chi connectivity index (χ3v) is 3.32. The third kappa shape index (κ3) is 9.55. The first kappa shape index (κ1) is 23.3. The van der Waals surface area contributed by atoms with Crippen molar-refractivity contribution in [2.24, 2.45) is 11.7 Å². The topological polar surface area (TPSA) is 146 Å². The summed E-state index contributed by atoms with van der Waals surface area (Å²) in [5, 5.41) is 13.8. The van der Waals surface area contributed by atoms with Crippen molar-refractivity contribution in [2.75, 3.05) is 51.8 Å². The highest BCUT2D eigenvalue weighted by atomic mass is 16.5. The first-order valence-electron chi connectivity index (χ1n) is 7.78. The lowest BCUT2D eigenvalue weighted by atomic mass is 10.1. The summed E-state index contributed by atoms with van der Waals surface area (Å²) in [4.78, 5) is 36.6. The summed E-state index contributed by atoms with van der Waals surface area (Å²) < 4.78 is 5.65. The van der Waals surface area contributed by atoms with E-state index in [2.05, 4.69) is 28.9 Å². The number of primary amides is 1. The molecule has 1 fully saturated rings. The van der Waals surface area contributed by atoms with E-state index in [-0.39, 0.29) is 12.9 Å². The molecule has 146 valence electrons. The van der Waals surface area contributed by atoms with E-state index in [1.165, 1.54) is 0 Å². The zero-order valence-electron chi connectivity index (χ0n) is 14.9. The fourth-order valence-corrected chi connectivity index (χ4v) is 2.46. The van der Waals surface area contributed by atoms with Crippen LogP contribution < -0.4 is 10.6 Å². The van der Waals surface area contributed by atoms with Crippen LogP contribution in [0.3, 0.4) is 0 Å². The van der Waals surface area contributed by atoms with E-state index in [0.717, 1.165) is 32.1 Å². The van der Waals surface area contributed by atoms with Gasteiger partial charge in [0.25, 0.3) is 12.9 Å². The third-order valence-electron chi connectivity index (χ3n) is 3.32. The number of carboxylic acid groups (broad SMARTS) is 2. The van der Waals surface area contributed by atoms with Crippen LogP contribution in [-0.2, 0) is 14.3 Å². The molecule has 1 unspecified atom stereocenters. The summed E-state index contributed by atoms with van der Waals surface area (Å²) in [6.07, 6.45) is 1.63. The minimum atomic E-state index is -0.426. The van der Waals surface area contributed by atoms with Crippen molar-refractivity contribution in [1.29, 1.82) is 0 Å². The molecule has 10 heteroatoms.